The van der Waals surface area contributed by atoms with Crippen LogP contribution in [-0.2, 0) is 11.2 Å². The van der Waals surface area contributed by atoms with Crippen molar-refractivity contribution in [2.24, 2.45) is 0 Å². The summed E-state index contributed by atoms with van der Waals surface area (Å²) >= 11 is 6.18. The number of carbonyl (C=O) groups is 2. The van der Waals surface area contributed by atoms with Gasteiger partial charge < -0.3 is 19.2 Å². The number of halogens is 4. The van der Waals surface area contributed by atoms with Crippen molar-refractivity contribution in [3.8, 4) is 22.5 Å². The summed E-state index contributed by atoms with van der Waals surface area (Å²) < 4.78 is 38.9. The van der Waals surface area contributed by atoms with Gasteiger partial charge in [-0.3, -0.25) is 9.78 Å². The van der Waals surface area contributed by atoms with Gasteiger partial charge in [0, 0.05) is 35.7 Å². The predicted molar refractivity (Wildman–Crippen MR) is 137 cm³/mol. The van der Waals surface area contributed by atoms with Crippen LogP contribution in [0.15, 0.2) is 90.3 Å². The Hall–Kier alpha value is -4.64. The zero-order chi connectivity index (χ0) is 28.0. The third kappa shape index (κ3) is 6.82. The Labute approximate surface area is 224 Å². The van der Waals surface area contributed by atoms with E-state index >= 15 is 0 Å². The van der Waals surface area contributed by atoms with E-state index in [0.29, 0.717) is 34.9 Å². The number of oxazole rings is 1. The molecule has 1 amide bonds. The summed E-state index contributed by atoms with van der Waals surface area (Å²) in [6.07, 6.45) is 4.04. The van der Waals surface area contributed by atoms with Crippen LogP contribution in [0, 0.1) is 0 Å². The summed E-state index contributed by atoms with van der Waals surface area (Å²) in [6.45, 7) is 0.503. The number of aliphatic carboxylic acids is 1. The number of carboxylic acid groups (broad SMARTS) is 1. The van der Waals surface area contributed by atoms with Gasteiger partial charge in [-0.1, -0.05) is 35.9 Å². The summed E-state index contributed by atoms with van der Waals surface area (Å²) in [5, 5.41) is 10.8. The highest BCUT2D eigenvalue weighted by Gasteiger charge is 2.38. The number of carbonyl (C=O) groups excluding carboxylic acids is 1. The molecule has 8 nitrogen and oxygen atoms in total. The van der Waals surface area contributed by atoms with Gasteiger partial charge in [-0.25, -0.2) is 9.78 Å². The molecule has 1 aromatic carbocycles. The van der Waals surface area contributed by atoms with Crippen molar-refractivity contribution in [3.05, 3.63) is 102 Å². The maximum atomic E-state index is 13.1. The SMILES string of the molecule is O=C(NCCc1cccnc1)c1cc2ccc(-c3cccc(Cl)c3)cn2c1-c1cocn1.O=C(O)C(F)(F)F. The Bertz CT molecular complexity index is 1590. The average molecular weight is 557 g/mol. The van der Waals surface area contributed by atoms with Crippen molar-refractivity contribution in [2.45, 2.75) is 12.6 Å². The average Bonchev–Trinajstić information content (AvgIpc) is 3.56. The molecule has 0 aliphatic rings. The van der Waals surface area contributed by atoms with Gasteiger partial charge in [0.15, 0.2) is 6.39 Å². The third-order valence-electron chi connectivity index (χ3n) is 5.51. The zero-order valence-corrected chi connectivity index (χ0v) is 20.8. The highest BCUT2D eigenvalue weighted by atomic mass is 35.5. The van der Waals surface area contributed by atoms with Gasteiger partial charge >= 0.3 is 12.1 Å². The molecule has 2 N–H and O–H groups in total. The molecule has 0 aliphatic carbocycles. The van der Waals surface area contributed by atoms with Crippen LogP contribution in [0.1, 0.15) is 15.9 Å². The van der Waals surface area contributed by atoms with E-state index < -0.39 is 12.1 Å². The number of carboxylic acids is 1. The Morgan fingerprint density at radius 1 is 1.08 bits per heavy atom. The first kappa shape index (κ1) is 27.4. The highest BCUT2D eigenvalue weighted by molar-refractivity contribution is 6.30. The van der Waals surface area contributed by atoms with Gasteiger partial charge in [0.1, 0.15) is 12.0 Å². The minimum absolute atomic E-state index is 0.167. The number of amides is 1. The topological polar surface area (TPSA) is 110 Å². The number of fused-ring (bicyclic) bond motifs is 1. The van der Waals surface area contributed by atoms with Crippen molar-refractivity contribution in [1.29, 1.82) is 0 Å². The minimum atomic E-state index is -5.08. The van der Waals surface area contributed by atoms with Crippen molar-refractivity contribution < 1.29 is 32.3 Å². The molecular weight excluding hydrogens is 537 g/mol. The third-order valence-corrected chi connectivity index (χ3v) is 5.75. The summed E-state index contributed by atoms with van der Waals surface area (Å²) in [4.78, 5) is 30.4. The monoisotopic (exact) mass is 556 g/mol. The van der Waals surface area contributed by atoms with Crippen LogP contribution in [-0.4, -0.2) is 44.1 Å². The van der Waals surface area contributed by atoms with Crippen LogP contribution in [0.2, 0.25) is 5.02 Å². The molecule has 0 bridgehead atoms. The molecule has 0 saturated heterocycles. The Balaban J connectivity index is 0.000000448. The Kier molecular flexibility index (Phi) is 8.30. The van der Waals surface area contributed by atoms with Crippen LogP contribution in [0.5, 0.6) is 0 Å². The lowest BCUT2D eigenvalue weighted by Gasteiger charge is -2.08. The lowest BCUT2D eigenvalue weighted by atomic mass is 10.1. The highest BCUT2D eigenvalue weighted by Crippen LogP contribution is 2.30. The van der Waals surface area contributed by atoms with Crippen LogP contribution in [0.4, 0.5) is 13.2 Å². The standard InChI is InChI=1S/C25H19ClN4O2.C2HF3O2/c26-20-5-1-4-18(11-20)19-6-7-21-12-22(24(30(21)14-19)23-15-32-16-29-23)25(31)28-10-8-17-3-2-9-27-13-17;3-2(4,5)1(6)7/h1-7,9,11-16H,8,10H2,(H,28,31);(H,6,7). The van der Waals surface area contributed by atoms with E-state index in [2.05, 4.69) is 15.3 Å². The quantitative estimate of drug-likeness (QED) is 0.269. The van der Waals surface area contributed by atoms with Crippen LogP contribution >= 0.6 is 11.6 Å². The van der Waals surface area contributed by atoms with E-state index in [1.165, 1.54) is 6.39 Å². The van der Waals surface area contributed by atoms with Gasteiger partial charge in [0.25, 0.3) is 5.91 Å². The molecule has 5 rings (SSSR count). The molecule has 0 aliphatic heterocycles. The number of alkyl halides is 3. The lowest BCUT2D eigenvalue weighted by molar-refractivity contribution is -0.192. The molecule has 0 spiro atoms. The van der Waals surface area contributed by atoms with Gasteiger partial charge in [0.2, 0.25) is 0 Å². The second-order valence-electron chi connectivity index (χ2n) is 8.17. The zero-order valence-electron chi connectivity index (χ0n) is 20.0. The Morgan fingerprint density at radius 2 is 1.87 bits per heavy atom. The largest absolute Gasteiger partial charge is 0.490 e. The van der Waals surface area contributed by atoms with Crippen molar-refractivity contribution in [3.63, 3.8) is 0 Å². The molecule has 5 aromatic rings. The first-order valence-electron chi connectivity index (χ1n) is 11.4. The molecule has 0 fully saturated rings. The molecule has 0 atom stereocenters. The molecule has 0 radical (unpaired) electrons. The fraction of sp³-hybridized carbons (Fsp3) is 0.111. The van der Waals surface area contributed by atoms with E-state index in [9.17, 15) is 18.0 Å². The van der Waals surface area contributed by atoms with Crippen LogP contribution < -0.4 is 5.32 Å². The molecule has 0 unspecified atom stereocenters. The van der Waals surface area contributed by atoms with Gasteiger partial charge in [-0.15, -0.1) is 0 Å². The number of aromatic nitrogens is 3. The first-order chi connectivity index (χ1) is 18.6. The molecular formula is C27H20ClF3N4O4. The van der Waals surface area contributed by atoms with Crippen molar-refractivity contribution in [1.82, 2.24) is 19.7 Å². The van der Waals surface area contributed by atoms with Gasteiger partial charge in [-0.05, 0) is 53.4 Å². The smallest absolute Gasteiger partial charge is 0.475 e. The van der Waals surface area contributed by atoms with Crippen molar-refractivity contribution >= 4 is 29.0 Å². The van der Waals surface area contributed by atoms with E-state index in [4.69, 9.17) is 25.9 Å². The number of nitrogens with zero attached hydrogens (tertiary/aromatic N) is 3. The number of rotatable bonds is 6. The van der Waals surface area contributed by atoms with Crippen molar-refractivity contribution in [2.75, 3.05) is 6.54 Å². The normalized spacial score (nSPS) is 11.1. The number of hydrogen-bond acceptors (Lipinski definition) is 5. The predicted octanol–water partition coefficient (Wildman–Crippen LogP) is 5.92. The van der Waals surface area contributed by atoms with E-state index in [0.717, 1.165) is 22.2 Å². The fourth-order valence-electron chi connectivity index (χ4n) is 3.73. The molecule has 12 heteroatoms. The van der Waals surface area contributed by atoms with Crippen LogP contribution in [0.3, 0.4) is 0 Å². The van der Waals surface area contributed by atoms with E-state index in [1.807, 2.05) is 65.2 Å². The molecule has 4 heterocycles. The maximum Gasteiger partial charge on any atom is 0.490 e. The van der Waals surface area contributed by atoms with E-state index in [1.54, 1.807) is 18.7 Å². The molecule has 39 heavy (non-hydrogen) atoms. The minimum Gasteiger partial charge on any atom is -0.475 e. The van der Waals surface area contributed by atoms with Gasteiger partial charge in [0.05, 0.1) is 11.3 Å². The summed E-state index contributed by atoms with van der Waals surface area (Å²) in [5.41, 5.74) is 5.71. The number of pyridine rings is 2. The fourth-order valence-corrected chi connectivity index (χ4v) is 3.92. The maximum absolute atomic E-state index is 13.1. The summed E-state index contributed by atoms with van der Waals surface area (Å²) in [7, 11) is 0. The summed E-state index contributed by atoms with van der Waals surface area (Å²) in [5.74, 6) is -2.92. The van der Waals surface area contributed by atoms with Gasteiger partial charge in [-0.2, -0.15) is 13.2 Å². The second kappa shape index (κ2) is 11.8. The molecule has 200 valence electrons. The Morgan fingerprint density at radius 3 is 2.51 bits per heavy atom. The number of hydrogen-bond donors (Lipinski definition) is 2. The molecule has 0 saturated carbocycles. The number of nitrogens with one attached hydrogen (secondary N) is 1. The number of benzene rings is 1. The molecule has 4 aromatic heterocycles. The second-order valence-corrected chi connectivity index (χ2v) is 8.61. The first-order valence-corrected chi connectivity index (χ1v) is 11.8. The summed E-state index contributed by atoms with van der Waals surface area (Å²) in [6, 6.07) is 17.4. The lowest BCUT2D eigenvalue weighted by Crippen LogP contribution is -2.26. The van der Waals surface area contributed by atoms with Crippen LogP contribution in [0.25, 0.3) is 28.0 Å². The van der Waals surface area contributed by atoms with E-state index in [-0.39, 0.29) is 5.91 Å².